The number of anilines is 1. The Balaban J connectivity index is 2.26. The van der Waals surface area contributed by atoms with Gasteiger partial charge in [-0.3, -0.25) is 10.1 Å². The van der Waals surface area contributed by atoms with Crippen LogP contribution in [-0.2, 0) is 6.54 Å². The molecule has 2 rings (SSSR count). The Hall–Kier alpha value is -2.44. The Kier molecular flexibility index (Phi) is 3.46. The van der Waals surface area contributed by atoms with Crippen LogP contribution in [-0.4, -0.2) is 4.92 Å². The predicted octanol–water partition coefficient (Wildman–Crippen LogP) is 3.39. The molecule has 100 valence electrons. The molecule has 0 saturated heterocycles. The van der Waals surface area contributed by atoms with Crippen LogP contribution >= 0.6 is 0 Å². The molecule has 0 atom stereocenters. The third-order valence-corrected chi connectivity index (χ3v) is 2.46. The third-order valence-electron chi connectivity index (χ3n) is 2.46. The van der Waals surface area contributed by atoms with E-state index in [9.17, 15) is 18.9 Å². The topological polar surface area (TPSA) is 68.3 Å². The van der Waals surface area contributed by atoms with Crippen molar-refractivity contribution < 1.29 is 18.1 Å². The van der Waals surface area contributed by atoms with Crippen molar-refractivity contribution in [2.45, 2.75) is 13.5 Å². The number of nitrogens with one attached hydrogen (secondary N) is 1. The van der Waals surface area contributed by atoms with Crippen LogP contribution in [0.4, 0.5) is 20.2 Å². The SMILES string of the molecule is Cc1ccc(CNc2cc(F)cc(F)c2[N+](=O)[O-])o1. The highest BCUT2D eigenvalue weighted by Gasteiger charge is 2.21. The van der Waals surface area contributed by atoms with Gasteiger partial charge in [0.15, 0.2) is 0 Å². The van der Waals surface area contributed by atoms with Gasteiger partial charge in [-0.15, -0.1) is 0 Å². The van der Waals surface area contributed by atoms with E-state index in [0.29, 0.717) is 17.6 Å². The summed E-state index contributed by atoms with van der Waals surface area (Å²) in [5, 5.41) is 13.3. The number of benzene rings is 1. The second-order valence-corrected chi connectivity index (χ2v) is 3.91. The van der Waals surface area contributed by atoms with Gasteiger partial charge in [0.25, 0.3) is 0 Å². The fourth-order valence-corrected chi connectivity index (χ4v) is 1.65. The zero-order valence-corrected chi connectivity index (χ0v) is 9.94. The first kappa shape index (κ1) is 13.0. The Morgan fingerprint density at radius 2 is 2.11 bits per heavy atom. The highest BCUT2D eigenvalue weighted by atomic mass is 19.1. The first-order valence-corrected chi connectivity index (χ1v) is 5.40. The number of hydrogen-bond donors (Lipinski definition) is 1. The van der Waals surface area contributed by atoms with Crippen LogP contribution in [0.5, 0.6) is 0 Å². The second-order valence-electron chi connectivity index (χ2n) is 3.91. The van der Waals surface area contributed by atoms with Gasteiger partial charge >= 0.3 is 5.69 Å². The van der Waals surface area contributed by atoms with Gasteiger partial charge in [0.05, 0.1) is 11.5 Å². The second kappa shape index (κ2) is 5.05. The number of nitro benzene ring substituents is 1. The van der Waals surface area contributed by atoms with Gasteiger partial charge in [-0.1, -0.05) is 0 Å². The molecule has 0 amide bonds. The standard InChI is InChI=1S/C12H10F2N2O3/c1-7-2-3-9(19-7)6-15-11-5-8(13)4-10(14)12(11)16(17)18/h2-5,15H,6H2,1H3. The summed E-state index contributed by atoms with van der Waals surface area (Å²) in [7, 11) is 0. The number of nitrogens with zero attached hydrogens (tertiary/aromatic N) is 1. The van der Waals surface area contributed by atoms with E-state index in [1.165, 1.54) is 0 Å². The average Bonchev–Trinajstić information content (AvgIpc) is 2.71. The number of hydrogen-bond acceptors (Lipinski definition) is 4. The monoisotopic (exact) mass is 268 g/mol. The van der Waals surface area contributed by atoms with Crippen molar-refractivity contribution in [3.63, 3.8) is 0 Å². The summed E-state index contributed by atoms with van der Waals surface area (Å²) in [6.45, 7) is 1.84. The first-order valence-electron chi connectivity index (χ1n) is 5.40. The largest absolute Gasteiger partial charge is 0.465 e. The van der Waals surface area contributed by atoms with Crippen LogP contribution in [0.3, 0.4) is 0 Å². The number of rotatable bonds is 4. The smallest absolute Gasteiger partial charge is 0.327 e. The normalized spacial score (nSPS) is 10.5. The maximum atomic E-state index is 13.3. The highest BCUT2D eigenvalue weighted by molar-refractivity contribution is 5.62. The molecule has 0 aliphatic heterocycles. The summed E-state index contributed by atoms with van der Waals surface area (Å²) < 4.78 is 31.7. The molecule has 7 heteroatoms. The van der Waals surface area contributed by atoms with Gasteiger partial charge in [0.2, 0.25) is 5.82 Å². The minimum atomic E-state index is -1.22. The summed E-state index contributed by atoms with van der Waals surface area (Å²) >= 11 is 0. The van der Waals surface area contributed by atoms with Gasteiger partial charge in [-0.2, -0.15) is 4.39 Å². The summed E-state index contributed by atoms with van der Waals surface area (Å²) in [6.07, 6.45) is 0. The van der Waals surface area contributed by atoms with Crippen molar-refractivity contribution in [1.82, 2.24) is 0 Å². The average molecular weight is 268 g/mol. The Morgan fingerprint density at radius 1 is 1.37 bits per heavy atom. The summed E-state index contributed by atoms with van der Waals surface area (Å²) in [6, 6.07) is 4.73. The number of aryl methyl sites for hydroxylation is 1. The molecule has 1 heterocycles. The molecule has 1 aromatic heterocycles. The molecular formula is C12H10F2N2O3. The lowest BCUT2D eigenvalue weighted by Gasteiger charge is -2.06. The van der Waals surface area contributed by atoms with Crippen molar-refractivity contribution in [3.05, 3.63) is 57.5 Å². The lowest BCUT2D eigenvalue weighted by molar-refractivity contribution is -0.386. The molecule has 0 radical (unpaired) electrons. The maximum absolute atomic E-state index is 13.3. The molecule has 1 N–H and O–H groups in total. The van der Waals surface area contributed by atoms with Gasteiger partial charge in [0.1, 0.15) is 23.0 Å². The zero-order chi connectivity index (χ0) is 14.0. The van der Waals surface area contributed by atoms with E-state index in [2.05, 4.69) is 5.32 Å². The minimum absolute atomic E-state index is 0.0948. The molecule has 0 spiro atoms. The number of halogens is 2. The molecule has 0 fully saturated rings. The highest BCUT2D eigenvalue weighted by Crippen LogP contribution is 2.29. The van der Waals surface area contributed by atoms with Crippen LogP contribution in [0.25, 0.3) is 0 Å². The minimum Gasteiger partial charge on any atom is -0.465 e. The Labute approximate surface area is 107 Å². The van der Waals surface area contributed by atoms with E-state index in [4.69, 9.17) is 4.42 Å². The van der Waals surface area contributed by atoms with Gasteiger partial charge in [-0.25, -0.2) is 4.39 Å². The summed E-state index contributed by atoms with van der Waals surface area (Å²) in [5.41, 5.74) is -1.01. The predicted molar refractivity (Wildman–Crippen MR) is 63.8 cm³/mol. The molecule has 0 saturated carbocycles. The van der Waals surface area contributed by atoms with Gasteiger partial charge < -0.3 is 9.73 Å². The molecule has 5 nitrogen and oxygen atoms in total. The number of furan rings is 1. The third kappa shape index (κ3) is 2.87. The molecule has 0 unspecified atom stereocenters. The zero-order valence-electron chi connectivity index (χ0n) is 9.94. The molecular weight excluding hydrogens is 258 g/mol. The van der Waals surface area contributed by atoms with Gasteiger partial charge in [0, 0.05) is 12.1 Å². The van der Waals surface area contributed by atoms with Gasteiger partial charge in [-0.05, 0) is 19.1 Å². The van der Waals surface area contributed by atoms with E-state index in [0.717, 1.165) is 6.07 Å². The van der Waals surface area contributed by atoms with Crippen LogP contribution in [0, 0.1) is 28.7 Å². The molecule has 19 heavy (non-hydrogen) atoms. The van der Waals surface area contributed by atoms with Crippen LogP contribution < -0.4 is 5.32 Å². The molecule has 2 aromatic rings. The fraction of sp³-hybridized carbons (Fsp3) is 0.167. The maximum Gasteiger partial charge on any atom is 0.327 e. The van der Waals surface area contributed by atoms with Crippen molar-refractivity contribution >= 4 is 11.4 Å². The first-order chi connectivity index (χ1) is 8.97. The van der Waals surface area contributed by atoms with Crippen LogP contribution in [0.15, 0.2) is 28.7 Å². The van der Waals surface area contributed by atoms with E-state index in [1.54, 1.807) is 19.1 Å². The van der Waals surface area contributed by atoms with Crippen LogP contribution in [0.2, 0.25) is 0 Å². The molecule has 0 aliphatic carbocycles. The Morgan fingerprint density at radius 3 is 2.68 bits per heavy atom. The van der Waals surface area contributed by atoms with Crippen molar-refractivity contribution in [3.8, 4) is 0 Å². The van der Waals surface area contributed by atoms with Crippen molar-refractivity contribution in [2.24, 2.45) is 0 Å². The quantitative estimate of drug-likeness (QED) is 0.681. The summed E-state index contributed by atoms with van der Waals surface area (Å²) in [4.78, 5) is 9.85. The molecule has 0 aliphatic rings. The van der Waals surface area contributed by atoms with Crippen LogP contribution in [0.1, 0.15) is 11.5 Å². The lowest BCUT2D eigenvalue weighted by atomic mass is 10.2. The Bertz CT molecular complexity index is 625. The molecule has 0 bridgehead atoms. The van der Waals surface area contributed by atoms with E-state index < -0.39 is 22.2 Å². The summed E-state index contributed by atoms with van der Waals surface area (Å²) in [5.74, 6) is -0.919. The van der Waals surface area contributed by atoms with Crippen molar-refractivity contribution in [1.29, 1.82) is 0 Å². The van der Waals surface area contributed by atoms with Crippen molar-refractivity contribution in [2.75, 3.05) is 5.32 Å². The fourth-order valence-electron chi connectivity index (χ4n) is 1.65. The van der Waals surface area contributed by atoms with E-state index >= 15 is 0 Å². The van der Waals surface area contributed by atoms with E-state index in [-0.39, 0.29) is 12.2 Å². The van der Waals surface area contributed by atoms with E-state index in [1.807, 2.05) is 0 Å². The molecule has 1 aromatic carbocycles. The number of nitro groups is 1. The lowest BCUT2D eigenvalue weighted by Crippen LogP contribution is -2.04.